The lowest BCUT2D eigenvalue weighted by molar-refractivity contribution is -0.0438. The summed E-state index contributed by atoms with van der Waals surface area (Å²) in [4.78, 5) is 10.9. The summed E-state index contributed by atoms with van der Waals surface area (Å²) in [6.07, 6.45) is 3.88. The molecule has 0 saturated carbocycles. The Labute approximate surface area is 134 Å². The van der Waals surface area contributed by atoms with Gasteiger partial charge in [0.05, 0.1) is 18.2 Å². The van der Waals surface area contributed by atoms with E-state index in [1.165, 1.54) is 18.5 Å². The molecule has 3 heterocycles. The van der Waals surface area contributed by atoms with E-state index < -0.39 is 0 Å². The Morgan fingerprint density at radius 1 is 1.26 bits per heavy atom. The van der Waals surface area contributed by atoms with Gasteiger partial charge in [-0.15, -0.1) is 0 Å². The predicted molar refractivity (Wildman–Crippen MR) is 84.8 cm³/mol. The van der Waals surface area contributed by atoms with Crippen LogP contribution in [0.5, 0.6) is 0 Å². The molecule has 2 fully saturated rings. The number of anilines is 1. The maximum Gasteiger partial charge on any atom is 0.140 e. The van der Waals surface area contributed by atoms with Crippen molar-refractivity contribution in [3.8, 4) is 0 Å². The average molecular weight is 317 g/mol. The Hall–Kier alpha value is -1.79. The summed E-state index contributed by atoms with van der Waals surface area (Å²) in [6.45, 7) is 2.04. The van der Waals surface area contributed by atoms with Crippen molar-refractivity contribution in [3.63, 3.8) is 0 Å². The van der Waals surface area contributed by atoms with E-state index in [4.69, 9.17) is 4.74 Å². The summed E-state index contributed by atoms with van der Waals surface area (Å²) in [5.74, 6) is 0.546. The van der Waals surface area contributed by atoms with Crippen LogP contribution in [0.25, 0.3) is 10.9 Å². The Balaban J connectivity index is 1.73. The number of aliphatic hydroxyl groups excluding tert-OH is 1. The minimum atomic E-state index is -0.348. The van der Waals surface area contributed by atoms with Crippen LogP contribution in [0.4, 0.5) is 10.2 Å². The third-order valence-corrected chi connectivity index (χ3v) is 5.00. The number of halogens is 1. The van der Waals surface area contributed by atoms with Crippen molar-refractivity contribution in [1.82, 2.24) is 9.97 Å². The van der Waals surface area contributed by atoms with Crippen molar-refractivity contribution in [2.75, 3.05) is 24.7 Å². The van der Waals surface area contributed by atoms with Gasteiger partial charge in [-0.05, 0) is 37.5 Å². The van der Waals surface area contributed by atoms with Crippen molar-refractivity contribution >= 4 is 16.7 Å². The second-order valence-corrected chi connectivity index (χ2v) is 6.36. The molecule has 6 heteroatoms. The summed E-state index contributed by atoms with van der Waals surface area (Å²) >= 11 is 0. The van der Waals surface area contributed by atoms with E-state index in [9.17, 15) is 9.50 Å². The molecule has 0 amide bonds. The number of hydrogen-bond acceptors (Lipinski definition) is 5. The van der Waals surface area contributed by atoms with Crippen LogP contribution >= 0.6 is 0 Å². The van der Waals surface area contributed by atoms with Crippen LogP contribution in [-0.2, 0) is 4.74 Å². The number of fused-ring (bicyclic) bond motifs is 1. The SMILES string of the molecule is O[C@@H]1CCOC[C@H]1[C@@H]1CCCN1c1ncnc2ccc(F)cc12. The molecule has 0 radical (unpaired) electrons. The molecule has 0 unspecified atom stereocenters. The minimum Gasteiger partial charge on any atom is -0.393 e. The fourth-order valence-electron chi connectivity index (χ4n) is 3.86. The fraction of sp³-hybridized carbons (Fsp3) is 0.529. The molecule has 4 rings (SSSR count). The third-order valence-electron chi connectivity index (χ3n) is 5.00. The Morgan fingerprint density at radius 2 is 2.17 bits per heavy atom. The number of benzene rings is 1. The second kappa shape index (κ2) is 6.02. The Morgan fingerprint density at radius 3 is 3.04 bits per heavy atom. The van der Waals surface area contributed by atoms with Gasteiger partial charge in [-0.25, -0.2) is 14.4 Å². The topological polar surface area (TPSA) is 58.5 Å². The van der Waals surface area contributed by atoms with Crippen LogP contribution in [0.2, 0.25) is 0 Å². The lowest BCUT2D eigenvalue weighted by Gasteiger charge is -2.37. The molecule has 5 nitrogen and oxygen atoms in total. The monoisotopic (exact) mass is 317 g/mol. The van der Waals surface area contributed by atoms with Crippen molar-refractivity contribution in [1.29, 1.82) is 0 Å². The highest BCUT2D eigenvalue weighted by Crippen LogP contribution is 2.35. The molecule has 2 aliphatic rings. The molecule has 1 N–H and O–H groups in total. The lowest BCUT2D eigenvalue weighted by atomic mass is 9.89. The highest BCUT2D eigenvalue weighted by Gasteiger charge is 2.38. The summed E-state index contributed by atoms with van der Waals surface area (Å²) in [5.41, 5.74) is 0.738. The standard InChI is InChI=1S/C17H20FN3O2/c18-11-3-4-14-12(8-11)17(20-10-19-14)21-6-1-2-15(21)13-9-23-7-5-16(13)22/h3-4,8,10,13,15-16,22H,1-2,5-7,9H2/t13-,15-,16+/m0/s1. The first kappa shape index (κ1) is 14.8. The summed E-state index contributed by atoms with van der Waals surface area (Å²) in [7, 11) is 0. The zero-order valence-corrected chi connectivity index (χ0v) is 12.9. The van der Waals surface area contributed by atoms with E-state index in [-0.39, 0.29) is 23.9 Å². The van der Waals surface area contributed by atoms with Gasteiger partial charge in [-0.2, -0.15) is 0 Å². The second-order valence-electron chi connectivity index (χ2n) is 6.36. The largest absolute Gasteiger partial charge is 0.393 e. The van der Waals surface area contributed by atoms with Crippen LogP contribution in [0, 0.1) is 11.7 Å². The molecule has 3 atom stereocenters. The summed E-state index contributed by atoms with van der Waals surface area (Å²) in [6, 6.07) is 4.76. The number of nitrogens with zero attached hydrogens (tertiary/aromatic N) is 3. The molecular formula is C17H20FN3O2. The van der Waals surface area contributed by atoms with Gasteiger partial charge in [0, 0.05) is 30.5 Å². The zero-order valence-electron chi connectivity index (χ0n) is 12.9. The smallest absolute Gasteiger partial charge is 0.140 e. The molecule has 2 saturated heterocycles. The van der Waals surface area contributed by atoms with Gasteiger partial charge in [0.1, 0.15) is 18.0 Å². The maximum atomic E-state index is 13.7. The molecule has 0 aliphatic carbocycles. The van der Waals surface area contributed by atoms with E-state index in [1.807, 2.05) is 0 Å². The number of rotatable bonds is 2. The van der Waals surface area contributed by atoms with Gasteiger partial charge in [0.2, 0.25) is 0 Å². The first-order valence-electron chi connectivity index (χ1n) is 8.17. The molecule has 1 aromatic carbocycles. The molecule has 0 bridgehead atoms. The lowest BCUT2D eigenvalue weighted by Crippen LogP contribution is -2.46. The molecule has 2 aliphatic heterocycles. The first-order valence-corrected chi connectivity index (χ1v) is 8.17. The number of ether oxygens (including phenoxy) is 1. The van der Waals surface area contributed by atoms with Gasteiger partial charge in [0.15, 0.2) is 0 Å². The fourth-order valence-corrected chi connectivity index (χ4v) is 3.86. The summed E-state index contributed by atoms with van der Waals surface area (Å²) in [5, 5.41) is 11.1. The number of aliphatic hydroxyl groups is 1. The van der Waals surface area contributed by atoms with Gasteiger partial charge in [-0.1, -0.05) is 0 Å². The molecule has 2 aromatic rings. The maximum absolute atomic E-state index is 13.7. The quantitative estimate of drug-likeness (QED) is 0.919. The molecule has 23 heavy (non-hydrogen) atoms. The molecule has 1 aromatic heterocycles. The van der Waals surface area contributed by atoms with E-state index >= 15 is 0 Å². The van der Waals surface area contributed by atoms with Crippen molar-refractivity contribution in [2.24, 2.45) is 5.92 Å². The zero-order chi connectivity index (χ0) is 15.8. The van der Waals surface area contributed by atoms with E-state index in [0.29, 0.717) is 19.6 Å². The normalized spacial score (nSPS) is 28.4. The Bertz CT molecular complexity index is 711. The van der Waals surface area contributed by atoms with Crippen LogP contribution in [-0.4, -0.2) is 47.0 Å². The van der Waals surface area contributed by atoms with Crippen molar-refractivity contribution < 1.29 is 14.2 Å². The van der Waals surface area contributed by atoms with Gasteiger partial charge in [0.25, 0.3) is 0 Å². The third kappa shape index (κ3) is 2.66. The number of aromatic nitrogens is 2. The Kier molecular flexibility index (Phi) is 3.87. The van der Waals surface area contributed by atoms with Crippen LogP contribution in [0.1, 0.15) is 19.3 Å². The van der Waals surface area contributed by atoms with E-state index in [2.05, 4.69) is 14.9 Å². The highest BCUT2D eigenvalue weighted by molar-refractivity contribution is 5.89. The van der Waals surface area contributed by atoms with Gasteiger partial charge in [-0.3, -0.25) is 0 Å². The minimum absolute atomic E-state index is 0.0739. The first-order chi connectivity index (χ1) is 11.2. The highest BCUT2D eigenvalue weighted by atomic mass is 19.1. The van der Waals surface area contributed by atoms with Crippen molar-refractivity contribution in [3.05, 3.63) is 30.3 Å². The van der Waals surface area contributed by atoms with Gasteiger partial charge >= 0.3 is 0 Å². The van der Waals surface area contributed by atoms with Crippen LogP contribution in [0.15, 0.2) is 24.5 Å². The summed E-state index contributed by atoms with van der Waals surface area (Å²) < 4.78 is 19.3. The van der Waals surface area contributed by atoms with Crippen molar-refractivity contribution in [2.45, 2.75) is 31.4 Å². The molecular weight excluding hydrogens is 297 g/mol. The number of hydrogen-bond donors (Lipinski definition) is 1. The predicted octanol–water partition coefficient (Wildman–Crippen LogP) is 2.14. The molecule has 0 spiro atoms. The van der Waals surface area contributed by atoms with Crippen LogP contribution in [0.3, 0.4) is 0 Å². The molecule has 122 valence electrons. The van der Waals surface area contributed by atoms with Crippen LogP contribution < -0.4 is 4.90 Å². The van der Waals surface area contributed by atoms with E-state index in [0.717, 1.165) is 36.1 Å². The van der Waals surface area contributed by atoms with E-state index in [1.54, 1.807) is 6.07 Å². The average Bonchev–Trinajstić information content (AvgIpc) is 3.04. The van der Waals surface area contributed by atoms with Gasteiger partial charge < -0.3 is 14.7 Å².